The van der Waals surface area contributed by atoms with Crippen molar-refractivity contribution in [2.75, 3.05) is 13.4 Å². The zero-order valence-corrected chi connectivity index (χ0v) is 14.1. The van der Waals surface area contributed by atoms with E-state index in [0.29, 0.717) is 12.5 Å². The minimum absolute atomic E-state index is 0.251. The fourth-order valence-corrected chi connectivity index (χ4v) is 3.33. The molecule has 0 fully saturated rings. The van der Waals surface area contributed by atoms with Crippen LogP contribution in [-0.4, -0.2) is 18.4 Å². The van der Waals surface area contributed by atoms with Crippen LogP contribution in [0, 0.1) is 0 Å². The molecule has 0 unspecified atom stereocenters. The Hall–Kier alpha value is -3.27. The van der Waals surface area contributed by atoms with Crippen LogP contribution in [0.4, 0.5) is 0 Å². The number of aromatic nitrogens is 1. The lowest BCUT2D eigenvalue weighted by molar-refractivity contribution is 0.174. The molecule has 0 radical (unpaired) electrons. The maximum Gasteiger partial charge on any atom is 0.231 e. The van der Waals surface area contributed by atoms with Crippen LogP contribution in [0.3, 0.4) is 0 Å². The molecular formula is C22H17NO3. The molecule has 0 aliphatic carbocycles. The molecule has 1 aromatic heterocycles. The van der Waals surface area contributed by atoms with Gasteiger partial charge in [0.15, 0.2) is 11.5 Å². The van der Waals surface area contributed by atoms with Gasteiger partial charge in [-0.05, 0) is 23.8 Å². The topological polar surface area (TPSA) is 40.6 Å². The molecule has 1 aliphatic heterocycles. The van der Waals surface area contributed by atoms with Gasteiger partial charge in [-0.1, -0.05) is 48.5 Å². The van der Waals surface area contributed by atoms with Crippen LogP contribution in [0.25, 0.3) is 21.7 Å². The van der Waals surface area contributed by atoms with Crippen LogP contribution in [-0.2, 0) is 6.42 Å². The third-order valence-corrected chi connectivity index (χ3v) is 4.63. The van der Waals surface area contributed by atoms with Gasteiger partial charge in [0.25, 0.3) is 0 Å². The van der Waals surface area contributed by atoms with Gasteiger partial charge in [-0.15, -0.1) is 0 Å². The highest BCUT2D eigenvalue weighted by Gasteiger charge is 2.18. The molecule has 3 aromatic carbocycles. The zero-order chi connectivity index (χ0) is 17.3. The van der Waals surface area contributed by atoms with Gasteiger partial charge in [-0.3, -0.25) is 0 Å². The average Bonchev–Trinajstić information content (AvgIpc) is 3.15. The molecule has 0 spiro atoms. The normalized spacial score (nSPS) is 12.6. The second-order valence-electron chi connectivity index (χ2n) is 6.27. The van der Waals surface area contributed by atoms with Crippen LogP contribution in [0.15, 0.2) is 66.7 Å². The summed E-state index contributed by atoms with van der Waals surface area (Å²) < 4.78 is 17.2. The highest BCUT2D eigenvalue weighted by molar-refractivity contribution is 6.09. The molecule has 26 heavy (non-hydrogen) atoms. The fourth-order valence-electron chi connectivity index (χ4n) is 3.33. The smallest absolute Gasteiger partial charge is 0.231 e. The number of benzene rings is 3. The first-order valence-electron chi connectivity index (χ1n) is 8.67. The van der Waals surface area contributed by atoms with E-state index in [1.54, 1.807) is 0 Å². The maximum absolute atomic E-state index is 6.08. The summed E-state index contributed by atoms with van der Waals surface area (Å²) >= 11 is 0. The minimum atomic E-state index is 0.251. The molecule has 5 rings (SSSR count). The number of fused-ring (bicyclic) bond motifs is 4. The zero-order valence-electron chi connectivity index (χ0n) is 14.1. The van der Waals surface area contributed by atoms with Crippen molar-refractivity contribution in [2.24, 2.45) is 0 Å². The average molecular weight is 343 g/mol. The number of hydrogen-bond acceptors (Lipinski definition) is 4. The summed E-state index contributed by atoms with van der Waals surface area (Å²) in [6.45, 7) is 0.820. The quantitative estimate of drug-likeness (QED) is 0.502. The maximum atomic E-state index is 6.08. The summed E-state index contributed by atoms with van der Waals surface area (Å²) in [4.78, 5) is 4.74. The van der Waals surface area contributed by atoms with Crippen LogP contribution in [0.5, 0.6) is 17.4 Å². The third kappa shape index (κ3) is 2.60. The van der Waals surface area contributed by atoms with Crippen molar-refractivity contribution >= 4 is 21.7 Å². The van der Waals surface area contributed by atoms with Gasteiger partial charge < -0.3 is 14.2 Å². The van der Waals surface area contributed by atoms with E-state index in [2.05, 4.69) is 18.2 Å². The molecule has 1 aliphatic rings. The number of rotatable bonds is 4. The number of para-hydroxylation sites is 1. The van der Waals surface area contributed by atoms with E-state index in [1.807, 2.05) is 48.5 Å². The summed E-state index contributed by atoms with van der Waals surface area (Å²) in [5, 5.41) is 3.09. The largest absolute Gasteiger partial charge is 0.477 e. The van der Waals surface area contributed by atoms with Crippen LogP contribution < -0.4 is 14.2 Å². The van der Waals surface area contributed by atoms with Crippen molar-refractivity contribution in [1.29, 1.82) is 0 Å². The monoisotopic (exact) mass is 343 g/mol. The summed E-state index contributed by atoms with van der Waals surface area (Å²) in [5.74, 6) is 2.14. The first-order chi connectivity index (χ1) is 12.9. The summed E-state index contributed by atoms with van der Waals surface area (Å²) in [6.07, 6.45) is 0.835. The van der Waals surface area contributed by atoms with E-state index in [0.717, 1.165) is 39.6 Å². The standard InChI is InChI=1S/C22H17NO3/c1-2-6-15(7-3-1)10-11-24-22-18-13-21-20(25-14-26-21)12-17(18)16-8-4-5-9-19(16)23-22/h1-9,12-13H,10-11,14H2. The molecule has 0 saturated heterocycles. The van der Waals surface area contributed by atoms with Gasteiger partial charge in [-0.25, -0.2) is 4.98 Å². The van der Waals surface area contributed by atoms with E-state index < -0.39 is 0 Å². The molecule has 4 heteroatoms. The Morgan fingerprint density at radius 1 is 0.808 bits per heavy atom. The predicted molar refractivity (Wildman–Crippen MR) is 101 cm³/mol. The van der Waals surface area contributed by atoms with Gasteiger partial charge in [0.05, 0.1) is 12.1 Å². The summed E-state index contributed by atoms with van der Waals surface area (Å²) in [5.41, 5.74) is 2.16. The van der Waals surface area contributed by atoms with Crippen molar-refractivity contribution in [3.05, 3.63) is 72.3 Å². The second-order valence-corrected chi connectivity index (χ2v) is 6.27. The fraction of sp³-hybridized carbons (Fsp3) is 0.136. The first-order valence-corrected chi connectivity index (χ1v) is 8.67. The molecular weight excluding hydrogens is 326 g/mol. The van der Waals surface area contributed by atoms with E-state index in [1.165, 1.54) is 5.56 Å². The van der Waals surface area contributed by atoms with Crippen molar-refractivity contribution < 1.29 is 14.2 Å². The van der Waals surface area contributed by atoms with E-state index >= 15 is 0 Å². The van der Waals surface area contributed by atoms with Crippen molar-refractivity contribution in [3.63, 3.8) is 0 Å². The van der Waals surface area contributed by atoms with Crippen molar-refractivity contribution in [2.45, 2.75) is 6.42 Å². The van der Waals surface area contributed by atoms with Gasteiger partial charge in [0, 0.05) is 22.6 Å². The first kappa shape index (κ1) is 15.0. The molecule has 0 amide bonds. The lowest BCUT2D eigenvalue weighted by Crippen LogP contribution is -2.03. The molecule has 0 saturated carbocycles. The molecule has 128 valence electrons. The Morgan fingerprint density at radius 2 is 1.54 bits per heavy atom. The third-order valence-electron chi connectivity index (χ3n) is 4.63. The van der Waals surface area contributed by atoms with E-state index in [-0.39, 0.29) is 6.79 Å². The SMILES string of the molecule is c1ccc(CCOc2nc3ccccc3c3cc4c(cc23)OCO4)cc1. The molecule has 0 bridgehead atoms. The number of pyridine rings is 1. The predicted octanol–water partition coefficient (Wildman–Crippen LogP) is 4.74. The van der Waals surface area contributed by atoms with Crippen LogP contribution in [0.1, 0.15) is 5.56 Å². The number of hydrogen-bond donors (Lipinski definition) is 0. The number of nitrogens with zero attached hydrogens (tertiary/aromatic N) is 1. The summed E-state index contributed by atoms with van der Waals surface area (Å²) in [7, 11) is 0. The second kappa shape index (κ2) is 6.23. The number of ether oxygens (including phenoxy) is 3. The lowest BCUT2D eigenvalue weighted by Gasteiger charge is -2.12. The Bertz CT molecular complexity index is 1090. The van der Waals surface area contributed by atoms with Gasteiger partial charge in [0.1, 0.15) is 0 Å². The van der Waals surface area contributed by atoms with E-state index in [9.17, 15) is 0 Å². The van der Waals surface area contributed by atoms with Crippen molar-refractivity contribution in [1.82, 2.24) is 4.98 Å². The van der Waals surface area contributed by atoms with E-state index in [4.69, 9.17) is 19.2 Å². The molecule has 0 N–H and O–H groups in total. The Kier molecular flexibility index (Phi) is 3.60. The van der Waals surface area contributed by atoms with Gasteiger partial charge >= 0.3 is 0 Å². The molecule has 4 aromatic rings. The summed E-state index contributed by atoms with van der Waals surface area (Å²) in [6, 6.07) is 22.4. The molecule has 4 nitrogen and oxygen atoms in total. The van der Waals surface area contributed by atoms with Crippen LogP contribution >= 0.6 is 0 Å². The van der Waals surface area contributed by atoms with Crippen LogP contribution in [0.2, 0.25) is 0 Å². The minimum Gasteiger partial charge on any atom is -0.477 e. The Labute approximate surface area is 151 Å². The Balaban J connectivity index is 1.56. The molecule has 0 atom stereocenters. The molecule has 2 heterocycles. The van der Waals surface area contributed by atoms with Gasteiger partial charge in [-0.2, -0.15) is 0 Å². The highest BCUT2D eigenvalue weighted by atomic mass is 16.7. The van der Waals surface area contributed by atoms with Gasteiger partial charge in [0.2, 0.25) is 12.7 Å². The highest BCUT2D eigenvalue weighted by Crippen LogP contribution is 2.41. The van der Waals surface area contributed by atoms with Crippen molar-refractivity contribution in [3.8, 4) is 17.4 Å². The lowest BCUT2D eigenvalue weighted by atomic mass is 10.1. The Morgan fingerprint density at radius 3 is 2.38 bits per heavy atom.